The van der Waals surface area contributed by atoms with Gasteiger partial charge in [0, 0.05) is 35.3 Å². The highest BCUT2D eigenvalue weighted by molar-refractivity contribution is 5.93. The summed E-state index contributed by atoms with van der Waals surface area (Å²) in [6.07, 6.45) is 2.03. The SMILES string of the molecule is O=C(CCCOc1ccc2c(Nc3cc(CC(=O)Nc4cccc(F)c4)[nH]n3)ncnc2c1)NO. The lowest BCUT2D eigenvalue weighted by atomic mass is 10.2. The standard InChI is InChI=1S/C23H22FN7O4/c24-14-3-1-4-15(9-14)27-22(33)11-16-10-20(30-29-16)28-23-18-7-6-17(12-19(18)25-13-26-23)35-8-2-5-21(32)31-34/h1,3-4,6-7,9-10,12-13,34H,2,5,8,11H2,(H,27,33)(H,31,32)(H2,25,26,28,29,30). The van der Waals surface area contributed by atoms with Crippen LogP contribution in [0.5, 0.6) is 5.75 Å². The van der Waals surface area contributed by atoms with E-state index >= 15 is 0 Å². The summed E-state index contributed by atoms with van der Waals surface area (Å²) in [6, 6.07) is 12.7. The molecule has 180 valence electrons. The topological polar surface area (TPSA) is 154 Å². The molecule has 0 saturated carbocycles. The van der Waals surface area contributed by atoms with Crippen molar-refractivity contribution in [2.45, 2.75) is 19.3 Å². The molecule has 0 saturated heterocycles. The zero-order valence-corrected chi connectivity index (χ0v) is 18.4. The Labute approximate surface area is 198 Å². The molecule has 0 fully saturated rings. The number of carbonyl (C=O) groups excluding carboxylic acids is 2. The van der Waals surface area contributed by atoms with Gasteiger partial charge in [-0.3, -0.25) is 19.9 Å². The van der Waals surface area contributed by atoms with Crippen LogP contribution < -0.4 is 20.9 Å². The fraction of sp³-hybridized carbons (Fsp3) is 0.174. The molecule has 0 aliphatic heterocycles. The maximum absolute atomic E-state index is 13.3. The first kappa shape index (κ1) is 23.6. The molecular formula is C23H22FN7O4. The van der Waals surface area contributed by atoms with Crippen LogP contribution in [0.4, 0.5) is 21.7 Å². The van der Waals surface area contributed by atoms with Gasteiger partial charge in [-0.1, -0.05) is 6.07 Å². The summed E-state index contributed by atoms with van der Waals surface area (Å²) in [7, 11) is 0. The normalized spacial score (nSPS) is 10.7. The Hall–Kier alpha value is -4.58. The number of anilines is 3. The van der Waals surface area contributed by atoms with Crippen LogP contribution in [0.3, 0.4) is 0 Å². The summed E-state index contributed by atoms with van der Waals surface area (Å²) < 4.78 is 18.9. The number of fused-ring (bicyclic) bond motifs is 1. The molecular weight excluding hydrogens is 457 g/mol. The number of ether oxygens (including phenoxy) is 1. The second kappa shape index (κ2) is 11.0. The van der Waals surface area contributed by atoms with E-state index in [2.05, 4.69) is 30.8 Å². The number of hydroxylamine groups is 1. The first-order chi connectivity index (χ1) is 17.0. The lowest BCUT2D eigenvalue weighted by Crippen LogP contribution is -2.18. The Morgan fingerprint density at radius 3 is 2.80 bits per heavy atom. The molecule has 4 rings (SSSR count). The van der Waals surface area contributed by atoms with Gasteiger partial charge in [-0.25, -0.2) is 19.8 Å². The summed E-state index contributed by atoms with van der Waals surface area (Å²) in [6.45, 7) is 0.304. The molecule has 2 heterocycles. The van der Waals surface area contributed by atoms with E-state index in [0.717, 1.165) is 5.39 Å². The van der Waals surface area contributed by atoms with Crippen LogP contribution in [0.1, 0.15) is 18.5 Å². The Balaban J connectivity index is 1.37. The van der Waals surface area contributed by atoms with Crippen molar-refractivity contribution in [3.05, 3.63) is 66.4 Å². The number of aromatic nitrogens is 4. The van der Waals surface area contributed by atoms with Gasteiger partial charge in [0.15, 0.2) is 5.82 Å². The van der Waals surface area contributed by atoms with Crippen molar-refractivity contribution in [3.8, 4) is 5.75 Å². The van der Waals surface area contributed by atoms with Gasteiger partial charge in [-0.15, -0.1) is 0 Å². The van der Waals surface area contributed by atoms with Crippen LogP contribution in [-0.2, 0) is 16.0 Å². The average molecular weight is 479 g/mol. The number of amides is 2. The number of aromatic amines is 1. The van der Waals surface area contributed by atoms with Gasteiger partial charge in [0.1, 0.15) is 23.7 Å². The van der Waals surface area contributed by atoms with Crippen LogP contribution in [0.15, 0.2) is 54.9 Å². The number of nitrogens with zero attached hydrogens (tertiary/aromatic N) is 3. The minimum Gasteiger partial charge on any atom is -0.494 e. The number of nitrogens with one attached hydrogen (secondary N) is 4. The van der Waals surface area contributed by atoms with Crippen molar-refractivity contribution in [3.63, 3.8) is 0 Å². The van der Waals surface area contributed by atoms with Gasteiger partial charge in [0.25, 0.3) is 0 Å². The number of halogens is 1. The van der Waals surface area contributed by atoms with E-state index in [1.165, 1.54) is 24.5 Å². The monoisotopic (exact) mass is 479 g/mol. The predicted molar refractivity (Wildman–Crippen MR) is 125 cm³/mol. The molecule has 0 bridgehead atoms. The van der Waals surface area contributed by atoms with E-state index in [0.29, 0.717) is 47.3 Å². The van der Waals surface area contributed by atoms with Gasteiger partial charge in [0.05, 0.1) is 18.5 Å². The Morgan fingerprint density at radius 2 is 1.97 bits per heavy atom. The largest absolute Gasteiger partial charge is 0.494 e. The number of rotatable bonds is 10. The molecule has 11 nitrogen and oxygen atoms in total. The molecule has 0 aliphatic rings. The fourth-order valence-corrected chi connectivity index (χ4v) is 3.29. The van der Waals surface area contributed by atoms with Crippen molar-refractivity contribution in [2.24, 2.45) is 0 Å². The average Bonchev–Trinajstić information content (AvgIpc) is 3.28. The van der Waals surface area contributed by atoms with E-state index in [1.807, 2.05) is 0 Å². The third-order valence-corrected chi connectivity index (χ3v) is 4.89. The van der Waals surface area contributed by atoms with Gasteiger partial charge in [0.2, 0.25) is 11.8 Å². The van der Waals surface area contributed by atoms with Crippen molar-refractivity contribution in [2.75, 3.05) is 17.2 Å². The molecule has 2 aromatic carbocycles. The summed E-state index contributed by atoms with van der Waals surface area (Å²) in [4.78, 5) is 31.8. The highest BCUT2D eigenvalue weighted by Gasteiger charge is 2.11. The molecule has 0 spiro atoms. The summed E-state index contributed by atoms with van der Waals surface area (Å²) in [5.74, 6) is 0.341. The Bertz CT molecular complexity index is 1340. The predicted octanol–water partition coefficient (Wildman–Crippen LogP) is 3.08. The van der Waals surface area contributed by atoms with Crippen molar-refractivity contribution < 1.29 is 23.9 Å². The van der Waals surface area contributed by atoms with E-state index in [1.54, 1.807) is 35.8 Å². The van der Waals surface area contributed by atoms with Crippen LogP contribution >= 0.6 is 0 Å². The summed E-state index contributed by atoms with van der Waals surface area (Å²) in [5, 5.41) is 21.9. The molecule has 0 unspecified atom stereocenters. The molecule has 4 aromatic rings. The minimum atomic E-state index is -0.468. The smallest absolute Gasteiger partial charge is 0.243 e. The lowest BCUT2D eigenvalue weighted by molar-refractivity contribution is -0.129. The van der Waals surface area contributed by atoms with E-state index in [4.69, 9.17) is 9.94 Å². The van der Waals surface area contributed by atoms with Gasteiger partial charge >= 0.3 is 0 Å². The maximum Gasteiger partial charge on any atom is 0.243 e. The molecule has 12 heteroatoms. The first-order valence-electron chi connectivity index (χ1n) is 10.7. The fourth-order valence-electron chi connectivity index (χ4n) is 3.29. The van der Waals surface area contributed by atoms with Gasteiger partial charge < -0.3 is 15.4 Å². The first-order valence-corrected chi connectivity index (χ1v) is 10.7. The number of H-pyrrole nitrogens is 1. The van der Waals surface area contributed by atoms with Crippen LogP contribution in [-0.4, -0.2) is 43.8 Å². The third kappa shape index (κ3) is 6.48. The second-order valence-electron chi connectivity index (χ2n) is 7.53. The number of carbonyl (C=O) groups is 2. The van der Waals surface area contributed by atoms with Crippen LogP contribution in [0.25, 0.3) is 10.9 Å². The number of benzene rings is 2. The summed E-state index contributed by atoms with van der Waals surface area (Å²) in [5.41, 5.74) is 3.15. The second-order valence-corrected chi connectivity index (χ2v) is 7.53. The number of hydrogen-bond donors (Lipinski definition) is 5. The minimum absolute atomic E-state index is 0.0242. The van der Waals surface area contributed by atoms with Gasteiger partial charge in [-0.05, 0) is 36.8 Å². The van der Waals surface area contributed by atoms with Crippen molar-refractivity contribution in [1.29, 1.82) is 0 Å². The molecule has 0 aliphatic carbocycles. The van der Waals surface area contributed by atoms with Crippen LogP contribution in [0.2, 0.25) is 0 Å². The van der Waals surface area contributed by atoms with Crippen molar-refractivity contribution >= 4 is 40.0 Å². The zero-order chi connectivity index (χ0) is 24.6. The van der Waals surface area contributed by atoms with Crippen LogP contribution in [0, 0.1) is 5.82 Å². The third-order valence-electron chi connectivity index (χ3n) is 4.89. The van der Waals surface area contributed by atoms with E-state index < -0.39 is 11.7 Å². The highest BCUT2D eigenvalue weighted by Crippen LogP contribution is 2.26. The Morgan fingerprint density at radius 1 is 1.09 bits per heavy atom. The molecule has 0 radical (unpaired) electrons. The Kier molecular flexibility index (Phi) is 7.43. The van der Waals surface area contributed by atoms with E-state index in [-0.39, 0.29) is 18.7 Å². The number of hydrogen-bond acceptors (Lipinski definition) is 8. The molecule has 0 atom stereocenters. The molecule has 2 aromatic heterocycles. The zero-order valence-electron chi connectivity index (χ0n) is 18.4. The lowest BCUT2D eigenvalue weighted by Gasteiger charge is -2.09. The molecule has 5 N–H and O–H groups in total. The maximum atomic E-state index is 13.3. The van der Waals surface area contributed by atoms with Gasteiger partial charge in [-0.2, -0.15) is 5.10 Å². The highest BCUT2D eigenvalue weighted by atomic mass is 19.1. The van der Waals surface area contributed by atoms with Crippen molar-refractivity contribution in [1.82, 2.24) is 25.6 Å². The molecule has 35 heavy (non-hydrogen) atoms. The van der Waals surface area contributed by atoms with E-state index in [9.17, 15) is 14.0 Å². The quantitative estimate of drug-likeness (QED) is 0.132. The molecule has 2 amide bonds. The summed E-state index contributed by atoms with van der Waals surface area (Å²) >= 11 is 0.